The van der Waals surface area contributed by atoms with E-state index in [0.29, 0.717) is 18.7 Å². The quantitative estimate of drug-likeness (QED) is 0.888. The molecular formula is C14H19N3O3. The van der Waals surface area contributed by atoms with Crippen molar-refractivity contribution in [3.8, 4) is 0 Å². The molecule has 108 valence electrons. The van der Waals surface area contributed by atoms with Crippen LogP contribution in [0.5, 0.6) is 0 Å². The summed E-state index contributed by atoms with van der Waals surface area (Å²) in [5.41, 5.74) is 0.542. The van der Waals surface area contributed by atoms with Crippen LogP contribution >= 0.6 is 0 Å². The molecule has 2 unspecified atom stereocenters. The third kappa shape index (κ3) is 1.99. The minimum atomic E-state index is -0.915. The zero-order chi connectivity index (χ0) is 14.3. The van der Waals surface area contributed by atoms with Gasteiger partial charge in [-0.3, -0.25) is 4.79 Å². The number of likely N-dealkylation sites (tertiary alicyclic amines) is 1. The number of fused-ring (bicyclic) bond motifs is 1. The van der Waals surface area contributed by atoms with Gasteiger partial charge in [0.2, 0.25) is 0 Å². The Labute approximate surface area is 117 Å². The molecule has 0 bridgehead atoms. The van der Waals surface area contributed by atoms with Gasteiger partial charge in [0.1, 0.15) is 17.6 Å². The number of carbonyl (C=O) groups is 2. The molecule has 1 amide bonds. The summed E-state index contributed by atoms with van der Waals surface area (Å²) in [4.78, 5) is 29.7. The van der Waals surface area contributed by atoms with Crippen molar-refractivity contribution in [1.29, 1.82) is 0 Å². The Kier molecular flexibility index (Phi) is 3.23. The molecular weight excluding hydrogens is 258 g/mol. The Balaban J connectivity index is 1.92. The van der Waals surface area contributed by atoms with Gasteiger partial charge in [0.15, 0.2) is 0 Å². The van der Waals surface area contributed by atoms with Crippen molar-refractivity contribution in [3.63, 3.8) is 0 Å². The van der Waals surface area contributed by atoms with Crippen molar-refractivity contribution in [3.05, 3.63) is 17.7 Å². The molecule has 20 heavy (non-hydrogen) atoms. The smallest absolute Gasteiger partial charge is 0.326 e. The lowest BCUT2D eigenvalue weighted by Crippen LogP contribution is -2.41. The number of carboxylic acids is 1. The highest BCUT2D eigenvalue weighted by Gasteiger charge is 2.36. The molecule has 6 heteroatoms. The van der Waals surface area contributed by atoms with Crippen LogP contribution in [0.25, 0.3) is 0 Å². The van der Waals surface area contributed by atoms with Crippen molar-refractivity contribution in [2.24, 2.45) is 0 Å². The third-order valence-corrected chi connectivity index (χ3v) is 4.35. The van der Waals surface area contributed by atoms with Gasteiger partial charge < -0.3 is 14.6 Å². The number of hydrogen-bond acceptors (Lipinski definition) is 3. The average molecular weight is 277 g/mol. The first-order chi connectivity index (χ1) is 9.59. The van der Waals surface area contributed by atoms with E-state index in [4.69, 9.17) is 0 Å². The van der Waals surface area contributed by atoms with Crippen molar-refractivity contribution in [1.82, 2.24) is 14.5 Å². The molecule has 1 aromatic rings. The Morgan fingerprint density at radius 3 is 2.90 bits per heavy atom. The van der Waals surface area contributed by atoms with Crippen LogP contribution in [0.15, 0.2) is 6.20 Å². The highest BCUT2D eigenvalue weighted by Crippen LogP contribution is 2.28. The van der Waals surface area contributed by atoms with Crippen molar-refractivity contribution in [2.45, 2.75) is 51.1 Å². The number of aliphatic carboxylic acids is 1. The van der Waals surface area contributed by atoms with E-state index in [-0.39, 0.29) is 11.9 Å². The average Bonchev–Trinajstić information content (AvgIpc) is 3.05. The fourth-order valence-corrected chi connectivity index (χ4v) is 3.33. The second kappa shape index (κ2) is 4.92. The number of aromatic nitrogens is 2. The highest BCUT2D eigenvalue weighted by atomic mass is 16.4. The van der Waals surface area contributed by atoms with Gasteiger partial charge in [-0.25, -0.2) is 9.78 Å². The maximum Gasteiger partial charge on any atom is 0.326 e. The Hall–Kier alpha value is -1.85. The summed E-state index contributed by atoms with van der Waals surface area (Å²) in [5.74, 6) is -0.164. The molecule has 0 spiro atoms. The maximum absolute atomic E-state index is 12.6. The number of hydrogen-bond donors (Lipinski definition) is 1. The Morgan fingerprint density at radius 2 is 2.15 bits per heavy atom. The third-order valence-electron chi connectivity index (χ3n) is 4.35. The standard InChI is InChI=1S/C14H19N3O3/c1-9-4-2-6-12-15-8-11(17(9)12)13(18)16-7-3-5-10(16)14(19)20/h8-10H,2-7H2,1H3,(H,19,20). The molecule has 1 N–H and O–H groups in total. The van der Waals surface area contributed by atoms with E-state index in [1.165, 1.54) is 4.90 Å². The van der Waals surface area contributed by atoms with Gasteiger partial charge in [-0.15, -0.1) is 0 Å². The minimum Gasteiger partial charge on any atom is -0.480 e. The van der Waals surface area contributed by atoms with Crippen LogP contribution in [-0.4, -0.2) is 44.0 Å². The number of imidazole rings is 1. The molecule has 3 rings (SSSR count). The summed E-state index contributed by atoms with van der Waals surface area (Å²) in [6, 6.07) is -0.432. The molecule has 6 nitrogen and oxygen atoms in total. The molecule has 0 aliphatic carbocycles. The summed E-state index contributed by atoms with van der Waals surface area (Å²) in [5, 5.41) is 9.20. The minimum absolute atomic E-state index is 0.192. The number of carbonyl (C=O) groups excluding carboxylic acids is 1. The molecule has 3 heterocycles. The summed E-state index contributed by atoms with van der Waals surface area (Å²) in [7, 11) is 0. The van der Waals surface area contributed by atoms with Crippen LogP contribution in [-0.2, 0) is 11.2 Å². The molecule has 0 saturated carbocycles. The maximum atomic E-state index is 12.6. The van der Waals surface area contributed by atoms with Gasteiger partial charge in [-0.05, 0) is 32.6 Å². The van der Waals surface area contributed by atoms with Crippen LogP contribution in [0.2, 0.25) is 0 Å². The van der Waals surface area contributed by atoms with Crippen LogP contribution in [0, 0.1) is 0 Å². The van der Waals surface area contributed by atoms with Gasteiger partial charge in [-0.1, -0.05) is 0 Å². The number of aryl methyl sites for hydroxylation is 1. The van der Waals surface area contributed by atoms with Crippen LogP contribution in [0.4, 0.5) is 0 Å². The zero-order valence-electron chi connectivity index (χ0n) is 11.6. The van der Waals surface area contributed by atoms with E-state index in [1.807, 2.05) is 4.57 Å². The van der Waals surface area contributed by atoms with Crippen LogP contribution in [0.3, 0.4) is 0 Å². The van der Waals surface area contributed by atoms with Gasteiger partial charge >= 0.3 is 5.97 Å². The van der Waals surface area contributed by atoms with E-state index in [1.54, 1.807) is 6.20 Å². The summed E-state index contributed by atoms with van der Waals surface area (Å²) in [6.07, 6.45) is 5.91. The van der Waals surface area contributed by atoms with Gasteiger partial charge in [0, 0.05) is 19.0 Å². The monoisotopic (exact) mass is 277 g/mol. The van der Waals surface area contributed by atoms with E-state index in [9.17, 15) is 14.7 Å². The van der Waals surface area contributed by atoms with E-state index in [0.717, 1.165) is 31.5 Å². The first-order valence-electron chi connectivity index (χ1n) is 7.19. The molecule has 0 aromatic carbocycles. The molecule has 0 radical (unpaired) electrons. The largest absolute Gasteiger partial charge is 0.480 e. The molecule has 2 aliphatic rings. The topological polar surface area (TPSA) is 75.4 Å². The summed E-state index contributed by atoms with van der Waals surface area (Å²) < 4.78 is 1.99. The lowest BCUT2D eigenvalue weighted by atomic mass is 10.1. The summed E-state index contributed by atoms with van der Waals surface area (Å²) >= 11 is 0. The van der Waals surface area contributed by atoms with Crippen LogP contribution in [0.1, 0.15) is 55.0 Å². The molecule has 1 fully saturated rings. The number of nitrogens with zero attached hydrogens (tertiary/aromatic N) is 3. The highest BCUT2D eigenvalue weighted by molar-refractivity contribution is 5.95. The molecule has 2 atom stereocenters. The van der Waals surface area contributed by atoms with Crippen molar-refractivity contribution < 1.29 is 14.7 Å². The lowest BCUT2D eigenvalue weighted by molar-refractivity contribution is -0.141. The van der Waals surface area contributed by atoms with Gasteiger partial charge in [0.25, 0.3) is 5.91 Å². The van der Waals surface area contributed by atoms with E-state index >= 15 is 0 Å². The molecule has 2 aliphatic heterocycles. The normalized spacial score (nSPS) is 25.6. The first-order valence-corrected chi connectivity index (χ1v) is 7.19. The second-order valence-corrected chi connectivity index (χ2v) is 5.67. The fourth-order valence-electron chi connectivity index (χ4n) is 3.33. The Morgan fingerprint density at radius 1 is 1.35 bits per heavy atom. The second-order valence-electron chi connectivity index (χ2n) is 5.67. The van der Waals surface area contributed by atoms with Gasteiger partial charge in [-0.2, -0.15) is 0 Å². The van der Waals surface area contributed by atoms with Crippen molar-refractivity contribution >= 4 is 11.9 Å². The Bertz CT molecular complexity index is 552. The molecule has 1 aromatic heterocycles. The fraction of sp³-hybridized carbons (Fsp3) is 0.643. The van der Waals surface area contributed by atoms with E-state index < -0.39 is 12.0 Å². The SMILES string of the molecule is CC1CCCc2ncc(C(=O)N3CCCC3C(=O)O)n21. The number of amides is 1. The van der Waals surface area contributed by atoms with Crippen molar-refractivity contribution in [2.75, 3.05) is 6.54 Å². The summed E-state index contributed by atoms with van der Waals surface area (Å²) in [6.45, 7) is 2.60. The number of carboxylic acid groups (broad SMARTS) is 1. The number of rotatable bonds is 2. The lowest BCUT2D eigenvalue weighted by Gasteiger charge is -2.26. The predicted molar refractivity (Wildman–Crippen MR) is 71.6 cm³/mol. The first kappa shape index (κ1) is 13.1. The van der Waals surface area contributed by atoms with Gasteiger partial charge in [0.05, 0.1) is 6.20 Å². The zero-order valence-corrected chi connectivity index (χ0v) is 11.6. The van der Waals surface area contributed by atoms with Crippen LogP contribution < -0.4 is 0 Å². The predicted octanol–water partition coefficient (Wildman–Crippen LogP) is 1.47. The molecule has 1 saturated heterocycles. The van der Waals surface area contributed by atoms with E-state index in [2.05, 4.69) is 11.9 Å².